The van der Waals surface area contributed by atoms with E-state index in [1.807, 2.05) is 20.8 Å². The molecule has 0 aromatic rings. The van der Waals surface area contributed by atoms with Gasteiger partial charge in [-0.2, -0.15) is 0 Å². The van der Waals surface area contributed by atoms with Crippen molar-refractivity contribution in [1.82, 2.24) is 21.3 Å². The third kappa shape index (κ3) is 11.8. The fourth-order valence-corrected chi connectivity index (χ4v) is 4.04. The number of rotatable bonds is 9. The average molecular weight is 526 g/mol. The molecule has 11 nitrogen and oxygen atoms in total. The van der Waals surface area contributed by atoms with E-state index in [1.54, 1.807) is 41.5 Å². The van der Waals surface area contributed by atoms with Gasteiger partial charge in [0.2, 0.25) is 23.6 Å². The smallest absolute Gasteiger partial charge is 0.408 e. The first-order valence-electron chi connectivity index (χ1n) is 12.9. The second-order valence-corrected chi connectivity index (χ2v) is 13.1. The van der Waals surface area contributed by atoms with Gasteiger partial charge in [-0.15, -0.1) is 0 Å². The van der Waals surface area contributed by atoms with Crippen LogP contribution in [-0.4, -0.2) is 60.0 Å². The predicted molar refractivity (Wildman–Crippen MR) is 140 cm³/mol. The van der Waals surface area contributed by atoms with Crippen LogP contribution in [0.25, 0.3) is 0 Å². The SMILES string of the molecule is CC(C)(C)C[C@H](NC(=O)[C@@H](NC(=O)OC(C)(C)C)C(C)(C)C)C(=O)N[C@@H](C[C@@H]1CCCNC1=O)C(N)=O. The van der Waals surface area contributed by atoms with Crippen molar-refractivity contribution in [2.24, 2.45) is 22.5 Å². The number of piperidine rings is 1. The van der Waals surface area contributed by atoms with E-state index in [0.29, 0.717) is 13.0 Å². The van der Waals surface area contributed by atoms with Crippen molar-refractivity contribution in [2.45, 2.75) is 112 Å². The standard InChI is InChI=1S/C26H47N5O6/c1-24(2,3)14-17(21(34)29-16(19(27)32)13-15-11-10-12-28-20(15)33)30-22(35)18(25(4,5)6)31-23(36)37-26(7,8)9/h15-18H,10-14H2,1-9H3,(H2,27,32)(H,28,33)(H,29,34)(H,30,35)(H,31,36)/t15-,16-,17-,18+/m0/s1. The van der Waals surface area contributed by atoms with Crippen LogP contribution in [0.5, 0.6) is 0 Å². The van der Waals surface area contributed by atoms with Gasteiger partial charge in [0.05, 0.1) is 0 Å². The molecule has 1 rings (SSSR count). The van der Waals surface area contributed by atoms with Crippen LogP contribution in [0.1, 0.15) is 88.0 Å². The molecule has 0 unspecified atom stereocenters. The van der Waals surface area contributed by atoms with E-state index >= 15 is 0 Å². The van der Waals surface area contributed by atoms with Gasteiger partial charge in [0.25, 0.3) is 0 Å². The Morgan fingerprint density at radius 3 is 1.97 bits per heavy atom. The number of hydrogen-bond donors (Lipinski definition) is 5. The van der Waals surface area contributed by atoms with Crippen LogP contribution in [0.4, 0.5) is 4.79 Å². The van der Waals surface area contributed by atoms with Crippen molar-refractivity contribution in [3.63, 3.8) is 0 Å². The first-order chi connectivity index (χ1) is 16.7. The summed E-state index contributed by atoms with van der Waals surface area (Å²) in [5, 5.41) is 10.8. The summed E-state index contributed by atoms with van der Waals surface area (Å²) in [5.74, 6) is -2.52. The van der Waals surface area contributed by atoms with Crippen LogP contribution in [0.15, 0.2) is 0 Å². The van der Waals surface area contributed by atoms with E-state index in [4.69, 9.17) is 10.5 Å². The summed E-state index contributed by atoms with van der Waals surface area (Å²) in [5.41, 5.74) is 3.73. The van der Waals surface area contributed by atoms with E-state index in [1.165, 1.54) is 0 Å². The summed E-state index contributed by atoms with van der Waals surface area (Å²) in [7, 11) is 0. The van der Waals surface area contributed by atoms with Crippen molar-refractivity contribution in [2.75, 3.05) is 6.54 Å². The molecule has 212 valence electrons. The molecule has 1 heterocycles. The van der Waals surface area contributed by atoms with Crippen LogP contribution in [0.2, 0.25) is 0 Å². The lowest BCUT2D eigenvalue weighted by Gasteiger charge is -2.34. The van der Waals surface area contributed by atoms with Gasteiger partial charge in [-0.1, -0.05) is 41.5 Å². The number of nitrogens with one attached hydrogen (secondary N) is 4. The highest BCUT2D eigenvalue weighted by Gasteiger charge is 2.38. The van der Waals surface area contributed by atoms with Gasteiger partial charge in [-0.25, -0.2) is 4.79 Å². The number of carbonyl (C=O) groups excluding carboxylic acids is 5. The second-order valence-electron chi connectivity index (χ2n) is 13.1. The Balaban J connectivity index is 3.09. The van der Waals surface area contributed by atoms with E-state index < -0.39 is 58.9 Å². The Bertz CT molecular complexity index is 853. The van der Waals surface area contributed by atoms with Crippen LogP contribution < -0.4 is 27.0 Å². The van der Waals surface area contributed by atoms with Crippen molar-refractivity contribution in [3.8, 4) is 0 Å². The van der Waals surface area contributed by atoms with Gasteiger partial charge in [0, 0.05) is 12.5 Å². The highest BCUT2D eigenvalue weighted by Crippen LogP contribution is 2.24. The van der Waals surface area contributed by atoms with Gasteiger partial charge in [0.15, 0.2) is 0 Å². The highest BCUT2D eigenvalue weighted by atomic mass is 16.6. The summed E-state index contributed by atoms with van der Waals surface area (Å²) in [4.78, 5) is 63.4. The molecule has 1 fully saturated rings. The lowest BCUT2D eigenvalue weighted by molar-refractivity contribution is -0.134. The molecule has 0 aromatic heterocycles. The summed E-state index contributed by atoms with van der Waals surface area (Å²) in [6.07, 6.45) is 0.949. The number of primary amides is 1. The molecule has 1 saturated heterocycles. The van der Waals surface area contributed by atoms with Crippen molar-refractivity contribution < 1.29 is 28.7 Å². The number of amides is 5. The minimum atomic E-state index is -1.07. The Kier molecular flexibility index (Phi) is 11.0. The quantitative estimate of drug-likeness (QED) is 0.307. The number of alkyl carbamates (subject to hydrolysis) is 1. The fraction of sp³-hybridized carbons (Fsp3) is 0.808. The molecule has 5 amide bonds. The molecule has 37 heavy (non-hydrogen) atoms. The van der Waals surface area contributed by atoms with Gasteiger partial charge in [0.1, 0.15) is 23.7 Å². The van der Waals surface area contributed by atoms with Gasteiger partial charge >= 0.3 is 6.09 Å². The Morgan fingerprint density at radius 2 is 1.51 bits per heavy atom. The predicted octanol–water partition coefficient (Wildman–Crippen LogP) is 1.73. The molecule has 0 radical (unpaired) electrons. The van der Waals surface area contributed by atoms with Crippen molar-refractivity contribution >= 4 is 29.7 Å². The first kappa shape index (κ1) is 32.2. The molecule has 0 spiro atoms. The average Bonchev–Trinajstić information content (AvgIpc) is 2.69. The topological polar surface area (TPSA) is 169 Å². The Hall–Kier alpha value is -2.85. The minimum absolute atomic E-state index is 0.0773. The summed E-state index contributed by atoms with van der Waals surface area (Å²) < 4.78 is 5.31. The molecular formula is C26H47N5O6. The molecule has 1 aliphatic heterocycles. The maximum atomic E-state index is 13.4. The van der Waals surface area contributed by atoms with Gasteiger partial charge < -0.3 is 31.7 Å². The summed E-state index contributed by atoms with van der Waals surface area (Å²) in [6, 6.07) is -3.09. The number of ether oxygens (including phenoxy) is 1. The van der Waals surface area contributed by atoms with E-state index in [2.05, 4.69) is 21.3 Å². The fourth-order valence-electron chi connectivity index (χ4n) is 4.04. The van der Waals surface area contributed by atoms with Crippen LogP contribution in [0, 0.1) is 16.7 Å². The molecule has 6 N–H and O–H groups in total. The van der Waals surface area contributed by atoms with Crippen molar-refractivity contribution in [3.05, 3.63) is 0 Å². The van der Waals surface area contributed by atoms with Crippen LogP contribution >= 0.6 is 0 Å². The van der Waals surface area contributed by atoms with Crippen LogP contribution in [-0.2, 0) is 23.9 Å². The maximum absolute atomic E-state index is 13.4. The summed E-state index contributed by atoms with van der Waals surface area (Å²) in [6.45, 7) is 16.8. The van der Waals surface area contributed by atoms with E-state index in [0.717, 1.165) is 6.42 Å². The normalized spacial score (nSPS) is 19.1. The molecule has 1 aliphatic rings. The molecule has 4 atom stereocenters. The third-order valence-electron chi connectivity index (χ3n) is 5.82. The van der Waals surface area contributed by atoms with Crippen LogP contribution in [0.3, 0.4) is 0 Å². The number of hydrogen-bond acceptors (Lipinski definition) is 6. The third-order valence-corrected chi connectivity index (χ3v) is 5.82. The molecule has 0 saturated carbocycles. The minimum Gasteiger partial charge on any atom is -0.444 e. The number of nitrogens with two attached hydrogens (primary N) is 1. The molecule has 0 aliphatic carbocycles. The van der Waals surface area contributed by atoms with E-state index in [-0.39, 0.29) is 24.2 Å². The largest absolute Gasteiger partial charge is 0.444 e. The lowest BCUT2D eigenvalue weighted by atomic mass is 9.84. The van der Waals surface area contributed by atoms with Gasteiger partial charge in [-0.3, -0.25) is 19.2 Å². The second kappa shape index (κ2) is 12.6. The maximum Gasteiger partial charge on any atom is 0.408 e. The number of carbonyl (C=O) groups is 5. The monoisotopic (exact) mass is 525 g/mol. The molecule has 0 bridgehead atoms. The summed E-state index contributed by atoms with van der Waals surface area (Å²) >= 11 is 0. The molecule has 11 heteroatoms. The Labute approximate surface area is 220 Å². The van der Waals surface area contributed by atoms with Crippen molar-refractivity contribution in [1.29, 1.82) is 0 Å². The first-order valence-corrected chi connectivity index (χ1v) is 12.9. The zero-order valence-corrected chi connectivity index (χ0v) is 23.9. The highest BCUT2D eigenvalue weighted by molar-refractivity contribution is 5.94. The molecule has 0 aromatic carbocycles. The lowest BCUT2D eigenvalue weighted by Crippen LogP contribution is -2.60. The van der Waals surface area contributed by atoms with E-state index in [9.17, 15) is 24.0 Å². The molecular weight excluding hydrogens is 478 g/mol. The Morgan fingerprint density at radius 1 is 0.946 bits per heavy atom. The van der Waals surface area contributed by atoms with Gasteiger partial charge in [-0.05, 0) is 57.3 Å². The zero-order chi connectivity index (χ0) is 28.8. The zero-order valence-electron chi connectivity index (χ0n) is 23.9.